The Labute approximate surface area is 140 Å². The minimum absolute atomic E-state index is 0.107. The number of halogens is 1. The van der Waals surface area contributed by atoms with E-state index in [4.69, 9.17) is 4.42 Å². The van der Waals surface area contributed by atoms with Crippen LogP contribution in [0.15, 0.2) is 47.1 Å². The maximum atomic E-state index is 12.9. The fourth-order valence-corrected chi connectivity index (χ4v) is 3.90. The van der Waals surface area contributed by atoms with Gasteiger partial charge >= 0.3 is 0 Å². The van der Waals surface area contributed by atoms with Crippen LogP contribution in [0.3, 0.4) is 0 Å². The molecule has 0 radical (unpaired) electrons. The Morgan fingerprint density at radius 3 is 2.62 bits per heavy atom. The zero-order valence-electron chi connectivity index (χ0n) is 13.5. The monoisotopic (exact) mass is 328 g/mol. The summed E-state index contributed by atoms with van der Waals surface area (Å²) in [6.07, 6.45) is 2.23. The minimum atomic E-state index is -0.191. The third kappa shape index (κ3) is 3.36. The molecule has 126 valence electrons. The minimum Gasteiger partial charge on any atom is -0.467 e. The molecule has 24 heavy (non-hydrogen) atoms. The van der Waals surface area contributed by atoms with Gasteiger partial charge in [-0.1, -0.05) is 12.1 Å². The molecule has 5 heteroatoms. The first-order chi connectivity index (χ1) is 11.7. The maximum Gasteiger partial charge on any atom is 0.220 e. The van der Waals surface area contributed by atoms with Crippen LogP contribution in [0.4, 0.5) is 4.39 Å². The summed E-state index contributed by atoms with van der Waals surface area (Å²) in [5.74, 6) is 2.50. The molecule has 4 nitrogen and oxygen atoms in total. The van der Waals surface area contributed by atoms with E-state index in [0.29, 0.717) is 30.7 Å². The van der Waals surface area contributed by atoms with Gasteiger partial charge in [-0.05, 0) is 47.6 Å². The van der Waals surface area contributed by atoms with Crippen molar-refractivity contribution in [2.24, 2.45) is 17.8 Å². The zero-order valence-corrected chi connectivity index (χ0v) is 13.5. The molecule has 2 aromatic rings. The summed E-state index contributed by atoms with van der Waals surface area (Å²) in [7, 11) is 0. The number of carbonyl (C=O) groups excluding carboxylic acids is 1. The molecular weight excluding hydrogens is 307 g/mol. The third-order valence-corrected chi connectivity index (χ3v) is 5.23. The van der Waals surface area contributed by atoms with E-state index in [2.05, 4.69) is 10.2 Å². The van der Waals surface area contributed by atoms with E-state index in [9.17, 15) is 9.18 Å². The van der Waals surface area contributed by atoms with Gasteiger partial charge in [-0.15, -0.1) is 0 Å². The quantitative estimate of drug-likeness (QED) is 0.887. The molecule has 2 fully saturated rings. The molecule has 3 atom stereocenters. The second-order valence-corrected chi connectivity index (χ2v) is 6.87. The van der Waals surface area contributed by atoms with E-state index in [0.717, 1.165) is 31.0 Å². The lowest BCUT2D eigenvalue weighted by molar-refractivity contribution is -0.121. The van der Waals surface area contributed by atoms with E-state index in [1.807, 2.05) is 24.3 Å². The number of fused-ring (bicyclic) bond motifs is 1. The van der Waals surface area contributed by atoms with Gasteiger partial charge in [-0.3, -0.25) is 9.69 Å². The summed E-state index contributed by atoms with van der Waals surface area (Å²) in [6.45, 7) is 3.41. The average molecular weight is 328 g/mol. The Balaban J connectivity index is 1.19. The molecule has 1 N–H and O–H groups in total. The van der Waals surface area contributed by atoms with Crippen molar-refractivity contribution in [3.63, 3.8) is 0 Å². The molecule has 1 aliphatic carbocycles. The van der Waals surface area contributed by atoms with Crippen LogP contribution in [-0.2, 0) is 17.9 Å². The molecule has 1 aromatic heterocycles. The van der Waals surface area contributed by atoms with Crippen molar-refractivity contribution in [3.05, 3.63) is 59.8 Å². The molecular formula is C19H21FN2O2. The van der Waals surface area contributed by atoms with E-state index in [1.54, 1.807) is 6.26 Å². The van der Waals surface area contributed by atoms with Crippen LogP contribution in [-0.4, -0.2) is 23.9 Å². The number of carbonyl (C=O) groups is 1. The van der Waals surface area contributed by atoms with Gasteiger partial charge in [0, 0.05) is 26.1 Å². The van der Waals surface area contributed by atoms with Gasteiger partial charge in [0.2, 0.25) is 5.91 Å². The van der Waals surface area contributed by atoms with Gasteiger partial charge in [0.05, 0.1) is 12.8 Å². The lowest BCUT2D eigenvalue weighted by Gasteiger charge is -2.19. The van der Waals surface area contributed by atoms with Crippen molar-refractivity contribution < 1.29 is 13.6 Å². The van der Waals surface area contributed by atoms with Crippen LogP contribution in [0, 0.1) is 23.6 Å². The number of amides is 1. The Kier molecular flexibility index (Phi) is 4.10. The second kappa shape index (κ2) is 6.40. The molecule has 4 rings (SSSR count). The first-order valence-electron chi connectivity index (χ1n) is 8.45. The van der Waals surface area contributed by atoms with Crippen molar-refractivity contribution in [1.29, 1.82) is 0 Å². The van der Waals surface area contributed by atoms with Crippen LogP contribution < -0.4 is 5.32 Å². The average Bonchev–Trinajstić information content (AvgIpc) is 3.01. The van der Waals surface area contributed by atoms with E-state index in [1.165, 1.54) is 12.1 Å². The molecule has 1 saturated heterocycles. The van der Waals surface area contributed by atoms with Crippen molar-refractivity contribution in [1.82, 2.24) is 10.2 Å². The number of nitrogens with zero attached hydrogens (tertiary/aromatic N) is 1. The maximum absolute atomic E-state index is 12.9. The molecule has 0 spiro atoms. The summed E-state index contributed by atoms with van der Waals surface area (Å²) in [6, 6.07) is 10.4. The largest absolute Gasteiger partial charge is 0.467 e. The van der Waals surface area contributed by atoms with Crippen molar-refractivity contribution in [2.75, 3.05) is 13.1 Å². The Morgan fingerprint density at radius 2 is 1.96 bits per heavy atom. The number of likely N-dealkylation sites (tertiary alicyclic amines) is 1. The molecule has 2 heterocycles. The Bertz CT molecular complexity index is 687. The number of hydrogen-bond donors (Lipinski definition) is 1. The highest BCUT2D eigenvalue weighted by atomic mass is 19.1. The van der Waals surface area contributed by atoms with Gasteiger partial charge in [0.15, 0.2) is 0 Å². The first-order valence-corrected chi connectivity index (χ1v) is 8.45. The molecule has 1 unspecified atom stereocenters. The van der Waals surface area contributed by atoms with Crippen LogP contribution in [0.25, 0.3) is 0 Å². The molecule has 1 aliphatic heterocycles. The van der Waals surface area contributed by atoms with Crippen LogP contribution in [0.5, 0.6) is 0 Å². The number of benzene rings is 1. The highest BCUT2D eigenvalue weighted by Crippen LogP contribution is 2.53. The molecule has 1 amide bonds. The van der Waals surface area contributed by atoms with Crippen molar-refractivity contribution in [3.8, 4) is 0 Å². The Morgan fingerprint density at radius 1 is 1.21 bits per heavy atom. The van der Waals surface area contributed by atoms with Crippen molar-refractivity contribution >= 4 is 5.91 Å². The van der Waals surface area contributed by atoms with Gasteiger partial charge < -0.3 is 9.73 Å². The van der Waals surface area contributed by atoms with Crippen LogP contribution in [0.1, 0.15) is 17.7 Å². The van der Waals surface area contributed by atoms with E-state index in [-0.39, 0.29) is 11.7 Å². The predicted octanol–water partition coefficient (Wildman–Crippen LogP) is 2.80. The topological polar surface area (TPSA) is 45.5 Å². The van der Waals surface area contributed by atoms with Gasteiger partial charge in [0.1, 0.15) is 11.6 Å². The Hall–Kier alpha value is -2.14. The summed E-state index contributed by atoms with van der Waals surface area (Å²) < 4.78 is 18.1. The third-order valence-electron chi connectivity index (χ3n) is 5.23. The van der Waals surface area contributed by atoms with Gasteiger partial charge in [-0.2, -0.15) is 0 Å². The lowest BCUT2D eigenvalue weighted by Crippen LogP contribution is -2.27. The summed E-state index contributed by atoms with van der Waals surface area (Å²) in [5.41, 5.74) is 1.14. The number of rotatable bonds is 6. The standard InChI is InChI=1S/C19H21FN2O2/c20-14-5-3-13(4-6-14)10-22-11-17-16(18(17)12-22)8-19(23)21-9-15-2-1-7-24-15/h1-7,16-18H,8-12H2,(H,21,23)/t16?,17-,18+. The number of nitrogens with one attached hydrogen (secondary N) is 1. The lowest BCUT2D eigenvalue weighted by atomic mass is 10.1. The van der Waals surface area contributed by atoms with Crippen molar-refractivity contribution in [2.45, 2.75) is 19.5 Å². The SMILES string of the molecule is O=C(CC1[C@H]2CN(Cc3ccc(F)cc3)C[C@@H]12)NCc1ccco1. The molecule has 0 bridgehead atoms. The molecule has 2 aliphatic rings. The summed E-state index contributed by atoms with van der Waals surface area (Å²) >= 11 is 0. The fraction of sp³-hybridized carbons (Fsp3) is 0.421. The predicted molar refractivity (Wildman–Crippen MR) is 87.3 cm³/mol. The summed E-state index contributed by atoms with van der Waals surface area (Å²) in [4.78, 5) is 14.4. The molecule has 1 saturated carbocycles. The first kappa shape index (κ1) is 15.4. The normalized spacial score (nSPS) is 25.5. The van der Waals surface area contributed by atoms with E-state index >= 15 is 0 Å². The second-order valence-electron chi connectivity index (χ2n) is 6.87. The van der Waals surface area contributed by atoms with Crippen LogP contribution >= 0.6 is 0 Å². The number of piperidine rings is 1. The van der Waals surface area contributed by atoms with Gasteiger partial charge in [-0.25, -0.2) is 4.39 Å². The van der Waals surface area contributed by atoms with Gasteiger partial charge in [0.25, 0.3) is 0 Å². The zero-order chi connectivity index (χ0) is 16.5. The highest BCUT2D eigenvalue weighted by molar-refractivity contribution is 5.76. The number of hydrogen-bond acceptors (Lipinski definition) is 3. The summed E-state index contributed by atoms with van der Waals surface area (Å²) in [5, 5.41) is 2.92. The molecule has 1 aromatic carbocycles. The highest BCUT2D eigenvalue weighted by Gasteiger charge is 2.55. The fourth-order valence-electron chi connectivity index (χ4n) is 3.90. The number of furan rings is 1. The smallest absolute Gasteiger partial charge is 0.220 e. The van der Waals surface area contributed by atoms with Crippen LogP contribution in [0.2, 0.25) is 0 Å². The van der Waals surface area contributed by atoms with E-state index < -0.39 is 0 Å².